The summed E-state index contributed by atoms with van der Waals surface area (Å²) >= 11 is 1.24. The largest absolute Gasteiger partial charge is 0.476 e. The normalized spacial score (nSPS) is 10.1. The Hall–Kier alpha value is -2.02. The number of carboxylic acids is 1. The first-order valence-corrected chi connectivity index (χ1v) is 5.28. The van der Waals surface area contributed by atoms with Gasteiger partial charge in [-0.05, 0) is 6.07 Å². The van der Waals surface area contributed by atoms with Gasteiger partial charge in [0.05, 0.1) is 0 Å². The summed E-state index contributed by atoms with van der Waals surface area (Å²) in [6.07, 6.45) is 1.59. The Morgan fingerprint density at radius 2 is 2.31 bits per heavy atom. The molecule has 0 bridgehead atoms. The van der Waals surface area contributed by atoms with Crippen LogP contribution in [0.5, 0.6) is 0 Å². The standard InChI is InChI=1S/C9H8N4O2S/c1-10-9-11-3-2-5(13-9)7-12-6(4-16-7)8(14)15/h2-4H,1H3,(H,14,15)(H,10,11,13). The van der Waals surface area contributed by atoms with E-state index in [-0.39, 0.29) is 5.69 Å². The van der Waals surface area contributed by atoms with E-state index < -0.39 is 5.97 Å². The van der Waals surface area contributed by atoms with E-state index in [4.69, 9.17) is 5.11 Å². The van der Waals surface area contributed by atoms with Crippen molar-refractivity contribution < 1.29 is 9.90 Å². The minimum absolute atomic E-state index is 0.0321. The van der Waals surface area contributed by atoms with Crippen molar-refractivity contribution in [1.29, 1.82) is 0 Å². The van der Waals surface area contributed by atoms with Crippen molar-refractivity contribution >= 4 is 23.3 Å². The first-order valence-electron chi connectivity index (χ1n) is 4.40. The molecule has 0 aliphatic rings. The van der Waals surface area contributed by atoms with Crippen molar-refractivity contribution in [2.24, 2.45) is 0 Å². The van der Waals surface area contributed by atoms with Crippen LogP contribution >= 0.6 is 11.3 Å². The van der Waals surface area contributed by atoms with Gasteiger partial charge in [0, 0.05) is 18.6 Å². The van der Waals surface area contributed by atoms with Gasteiger partial charge in [-0.2, -0.15) is 0 Å². The van der Waals surface area contributed by atoms with Gasteiger partial charge in [0.2, 0.25) is 5.95 Å². The van der Waals surface area contributed by atoms with Gasteiger partial charge < -0.3 is 10.4 Å². The minimum atomic E-state index is -1.04. The smallest absolute Gasteiger partial charge is 0.355 e. The van der Waals surface area contributed by atoms with Gasteiger partial charge in [-0.25, -0.2) is 19.7 Å². The van der Waals surface area contributed by atoms with Crippen molar-refractivity contribution in [3.8, 4) is 10.7 Å². The maximum Gasteiger partial charge on any atom is 0.355 e. The zero-order chi connectivity index (χ0) is 11.5. The zero-order valence-electron chi connectivity index (χ0n) is 8.34. The fourth-order valence-corrected chi connectivity index (χ4v) is 1.85. The third kappa shape index (κ3) is 1.98. The van der Waals surface area contributed by atoms with E-state index in [1.807, 2.05) is 0 Å². The number of carbonyl (C=O) groups is 1. The number of nitrogens with one attached hydrogen (secondary N) is 1. The molecule has 2 N–H and O–H groups in total. The number of thiazole rings is 1. The second-order valence-corrected chi connectivity index (χ2v) is 3.72. The van der Waals surface area contributed by atoms with Crippen molar-refractivity contribution in [2.45, 2.75) is 0 Å². The Bertz CT molecular complexity index is 526. The summed E-state index contributed by atoms with van der Waals surface area (Å²) in [5, 5.41) is 13.6. The molecule has 0 aliphatic heterocycles. The first-order chi connectivity index (χ1) is 7.70. The average molecular weight is 236 g/mol. The van der Waals surface area contributed by atoms with Crippen LogP contribution in [0.3, 0.4) is 0 Å². The van der Waals surface area contributed by atoms with Gasteiger partial charge in [-0.1, -0.05) is 0 Å². The van der Waals surface area contributed by atoms with Crippen LogP contribution in [-0.4, -0.2) is 33.1 Å². The molecular weight excluding hydrogens is 228 g/mol. The molecule has 2 rings (SSSR count). The summed E-state index contributed by atoms with van der Waals surface area (Å²) in [6, 6.07) is 1.69. The zero-order valence-corrected chi connectivity index (χ0v) is 9.15. The number of nitrogens with zero attached hydrogens (tertiary/aromatic N) is 3. The first kappa shape index (κ1) is 10.5. The monoisotopic (exact) mass is 236 g/mol. The molecule has 0 aromatic carbocycles. The van der Waals surface area contributed by atoms with Gasteiger partial charge in [0.25, 0.3) is 0 Å². The number of aromatic nitrogens is 3. The van der Waals surface area contributed by atoms with Crippen LogP contribution in [-0.2, 0) is 0 Å². The number of hydrogen-bond donors (Lipinski definition) is 2. The van der Waals surface area contributed by atoms with Crippen molar-refractivity contribution in [3.05, 3.63) is 23.3 Å². The molecule has 0 fully saturated rings. The van der Waals surface area contributed by atoms with E-state index in [9.17, 15) is 4.79 Å². The number of rotatable bonds is 3. The molecule has 0 saturated heterocycles. The summed E-state index contributed by atoms with van der Waals surface area (Å²) in [6.45, 7) is 0. The maximum absolute atomic E-state index is 10.7. The van der Waals surface area contributed by atoms with E-state index in [2.05, 4.69) is 20.3 Å². The molecule has 0 unspecified atom stereocenters. The third-order valence-corrected chi connectivity index (χ3v) is 2.69. The molecule has 82 valence electrons. The number of aromatic carboxylic acids is 1. The maximum atomic E-state index is 10.7. The molecule has 2 heterocycles. The summed E-state index contributed by atoms with van der Waals surface area (Å²) in [5.74, 6) is -0.560. The molecule has 7 heteroatoms. The summed E-state index contributed by atoms with van der Waals surface area (Å²) < 4.78 is 0. The minimum Gasteiger partial charge on any atom is -0.476 e. The second kappa shape index (κ2) is 4.23. The van der Waals surface area contributed by atoms with Crippen LogP contribution in [0, 0.1) is 0 Å². The highest BCUT2D eigenvalue weighted by Crippen LogP contribution is 2.22. The predicted molar refractivity (Wildman–Crippen MR) is 59.6 cm³/mol. The topological polar surface area (TPSA) is 88.0 Å². The third-order valence-electron chi connectivity index (χ3n) is 1.82. The van der Waals surface area contributed by atoms with Gasteiger partial charge in [-0.3, -0.25) is 0 Å². The Balaban J connectivity index is 2.38. The molecule has 0 aliphatic carbocycles. The molecule has 6 nitrogen and oxygen atoms in total. The highest BCUT2D eigenvalue weighted by atomic mass is 32.1. The second-order valence-electron chi connectivity index (χ2n) is 2.86. The molecule has 2 aromatic rings. The van der Waals surface area contributed by atoms with E-state index in [1.54, 1.807) is 19.3 Å². The quantitative estimate of drug-likeness (QED) is 0.836. The van der Waals surface area contributed by atoms with E-state index in [0.29, 0.717) is 16.6 Å². The van der Waals surface area contributed by atoms with E-state index in [1.165, 1.54) is 16.7 Å². The van der Waals surface area contributed by atoms with Crippen molar-refractivity contribution in [3.63, 3.8) is 0 Å². The predicted octanol–water partition coefficient (Wildman–Crippen LogP) is 1.34. The highest BCUT2D eigenvalue weighted by molar-refractivity contribution is 7.13. The number of anilines is 1. The van der Waals surface area contributed by atoms with Gasteiger partial charge in [-0.15, -0.1) is 11.3 Å². The number of hydrogen-bond acceptors (Lipinski definition) is 6. The van der Waals surface area contributed by atoms with Gasteiger partial charge >= 0.3 is 5.97 Å². The van der Waals surface area contributed by atoms with Crippen molar-refractivity contribution in [2.75, 3.05) is 12.4 Å². The lowest BCUT2D eigenvalue weighted by molar-refractivity contribution is 0.0691. The van der Waals surface area contributed by atoms with Crippen LogP contribution in [0.2, 0.25) is 0 Å². The number of carboxylic acid groups (broad SMARTS) is 1. The lowest BCUT2D eigenvalue weighted by atomic mass is 10.4. The van der Waals surface area contributed by atoms with Crippen molar-refractivity contribution in [1.82, 2.24) is 15.0 Å². The molecule has 16 heavy (non-hydrogen) atoms. The Morgan fingerprint density at radius 1 is 1.50 bits per heavy atom. The summed E-state index contributed by atoms with van der Waals surface area (Å²) in [5.41, 5.74) is 0.640. The van der Waals surface area contributed by atoms with Gasteiger partial charge in [0.15, 0.2) is 5.69 Å². The van der Waals surface area contributed by atoms with E-state index in [0.717, 1.165) is 0 Å². The molecular formula is C9H8N4O2S. The molecule has 0 atom stereocenters. The van der Waals surface area contributed by atoms with Gasteiger partial charge in [0.1, 0.15) is 10.7 Å². The Labute approximate surface area is 95.0 Å². The highest BCUT2D eigenvalue weighted by Gasteiger charge is 2.11. The fraction of sp³-hybridized carbons (Fsp3) is 0.111. The van der Waals surface area contributed by atoms with Crippen LogP contribution < -0.4 is 5.32 Å². The lowest BCUT2D eigenvalue weighted by Crippen LogP contribution is -1.98. The summed E-state index contributed by atoms with van der Waals surface area (Å²) in [4.78, 5) is 22.8. The average Bonchev–Trinajstić information content (AvgIpc) is 2.78. The summed E-state index contributed by atoms with van der Waals surface area (Å²) in [7, 11) is 1.71. The van der Waals surface area contributed by atoms with Crippen LogP contribution in [0.1, 0.15) is 10.5 Å². The molecule has 2 aromatic heterocycles. The SMILES string of the molecule is CNc1nccc(-c2nc(C(=O)O)cs2)n1. The molecule has 0 spiro atoms. The van der Waals surface area contributed by atoms with Crippen LogP contribution in [0.15, 0.2) is 17.6 Å². The fourth-order valence-electron chi connectivity index (χ4n) is 1.09. The molecule has 0 saturated carbocycles. The Kier molecular flexibility index (Phi) is 2.78. The van der Waals surface area contributed by atoms with E-state index >= 15 is 0 Å². The molecule has 0 radical (unpaired) electrons. The Morgan fingerprint density at radius 3 is 2.94 bits per heavy atom. The van der Waals surface area contributed by atoms with Crippen LogP contribution in [0.4, 0.5) is 5.95 Å². The van der Waals surface area contributed by atoms with Crippen LogP contribution in [0.25, 0.3) is 10.7 Å². The lowest BCUT2D eigenvalue weighted by Gasteiger charge is -1.98. The molecule has 0 amide bonds.